The van der Waals surface area contributed by atoms with E-state index in [4.69, 9.17) is 0 Å². The molecule has 1 fully saturated rings. The zero-order chi connectivity index (χ0) is 22.3. The summed E-state index contributed by atoms with van der Waals surface area (Å²) in [5.74, 6) is -0.140. The monoisotopic (exact) mass is 443 g/mol. The molecule has 2 aromatic carbocycles. The predicted molar refractivity (Wildman–Crippen MR) is 125 cm³/mol. The molecule has 1 saturated heterocycles. The molecule has 0 radical (unpaired) electrons. The number of nitrogens with one attached hydrogen (secondary N) is 2. The van der Waals surface area contributed by atoms with Crippen LogP contribution in [0.4, 0.5) is 5.69 Å². The Morgan fingerprint density at radius 2 is 1.77 bits per heavy atom. The van der Waals surface area contributed by atoms with Crippen LogP contribution in [0.25, 0.3) is 0 Å². The highest BCUT2D eigenvalue weighted by molar-refractivity contribution is 7.92. The van der Waals surface area contributed by atoms with Crippen LogP contribution in [-0.4, -0.2) is 44.9 Å². The summed E-state index contributed by atoms with van der Waals surface area (Å²) in [6.45, 7) is 6.96. The number of sulfonamides is 1. The van der Waals surface area contributed by atoms with Crippen molar-refractivity contribution in [3.63, 3.8) is 0 Å². The second-order valence-corrected chi connectivity index (χ2v) is 9.88. The van der Waals surface area contributed by atoms with Crippen molar-refractivity contribution in [3.05, 3.63) is 59.7 Å². The highest BCUT2D eigenvalue weighted by atomic mass is 32.2. The summed E-state index contributed by atoms with van der Waals surface area (Å²) in [7, 11) is -3.65. The number of piperidine rings is 1. The minimum atomic E-state index is -3.65. The van der Waals surface area contributed by atoms with Crippen molar-refractivity contribution in [3.8, 4) is 0 Å². The van der Waals surface area contributed by atoms with Crippen LogP contribution in [0.1, 0.15) is 54.9 Å². The van der Waals surface area contributed by atoms with Gasteiger partial charge < -0.3 is 10.2 Å². The van der Waals surface area contributed by atoms with Gasteiger partial charge in [0.1, 0.15) is 0 Å². The number of likely N-dealkylation sites (tertiary alicyclic amines) is 1. The van der Waals surface area contributed by atoms with Crippen molar-refractivity contribution >= 4 is 21.6 Å². The normalized spacial score (nSPS) is 17.3. The maximum atomic E-state index is 12.5. The molecule has 7 heteroatoms. The molecular weight excluding hydrogens is 410 g/mol. The summed E-state index contributed by atoms with van der Waals surface area (Å²) in [5.41, 5.74) is 1.94. The molecule has 0 saturated carbocycles. The SMILES string of the molecule is CC[C@H]1CCCCN1CCCNC(=O)c1ccc(NS(=O)(=O)c2ccc(C)cc2)cc1. The fourth-order valence-corrected chi connectivity index (χ4v) is 5.08. The van der Waals surface area contributed by atoms with E-state index in [2.05, 4.69) is 21.9 Å². The Bertz CT molecular complexity index is 957. The van der Waals surface area contributed by atoms with Gasteiger partial charge in [-0.05, 0) is 75.5 Å². The van der Waals surface area contributed by atoms with E-state index < -0.39 is 10.0 Å². The zero-order valence-electron chi connectivity index (χ0n) is 18.4. The largest absolute Gasteiger partial charge is 0.352 e. The summed E-state index contributed by atoms with van der Waals surface area (Å²) in [5, 5.41) is 2.97. The van der Waals surface area contributed by atoms with Crippen LogP contribution >= 0.6 is 0 Å². The fourth-order valence-electron chi connectivity index (χ4n) is 4.02. The van der Waals surface area contributed by atoms with Crippen LogP contribution in [-0.2, 0) is 10.0 Å². The standard InChI is InChI=1S/C24H33N3O3S/c1-3-22-7-4-5-17-27(22)18-6-16-25-24(28)20-10-12-21(13-11-20)26-31(29,30)23-14-8-19(2)9-15-23/h8-15,22,26H,3-7,16-18H2,1-2H3,(H,25,28)/t22-/m0/s1. The molecule has 0 unspecified atom stereocenters. The molecule has 2 aromatic rings. The summed E-state index contributed by atoms with van der Waals surface area (Å²) in [6.07, 6.45) is 5.98. The van der Waals surface area contributed by atoms with Gasteiger partial charge in [-0.2, -0.15) is 0 Å². The van der Waals surface area contributed by atoms with E-state index >= 15 is 0 Å². The number of amides is 1. The van der Waals surface area contributed by atoms with Crippen molar-refractivity contribution in [1.29, 1.82) is 0 Å². The average molecular weight is 444 g/mol. The Labute approximate surface area is 186 Å². The Morgan fingerprint density at radius 1 is 1.06 bits per heavy atom. The summed E-state index contributed by atoms with van der Waals surface area (Å²) in [4.78, 5) is 15.2. The topological polar surface area (TPSA) is 78.5 Å². The van der Waals surface area contributed by atoms with E-state index in [9.17, 15) is 13.2 Å². The quantitative estimate of drug-likeness (QED) is 0.570. The third-order valence-corrected chi connectivity index (χ3v) is 7.26. The molecule has 1 atom stereocenters. The number of carbonyl (C=O) groups is 1. The van der Waals surface area contributed by atoms with Crippen molar-refractivity contribution in [2.45, 2.75) is 56.9 Å². The number of nitrogens with zero attached hydrogens (tertiary/aromatic N) is 1. The third kappa shape index (κ3) is 6.55. The first-order chi connectivity index (χ1) is 14.9. The lowest BCUT2D eigenvalue weighted by Crippen LogP contribution is -2.40. The van der Waals surface area contributed by atoms with Gasteiger partial charge in [-0.3, -0.25) is 9.52 Å². The van der Waals surface area contributed by atoms with Gasteiger partial charge in [-0.15, -0.1) is 0 Å². The Kier molecular flexibility index (Phi) is 8.09. The van der Waals surface area contributed by atoms with Crippen LogP contribution in [0.5, 0.6) is 0 Å². The summed E-state index contributed by atoms with van der Waals surface area (Å²) >= 11 is 0. The van der Waals surface area contributed by atoms with Crippen LogP contribution in [0.2, 0.25) is 0 Å². The van der Waals surface area contributed by atoms with E-state index in [-0.39, 0.29) is 10.8 Å². The van der Waals surface area contributed by atoms with Gasteiger partial charge in [0.15, 0.2) is 0 Å². The van der Waals surface area contributed by atoms with Gasteiger partial charge in [0.25, 0.3) is 15.9 Å². The number of hydrogen-bond donors (Lipinski definition) is 2. The first kappa shape index (κ1) is 23.3. The molecule has 31 heavy (non-hydrogen) atoms. The molecule has 6 nitrogen and oxygen atoms in total. The number of rotatable bonds is 9. The first-order valence-corrected chi connectivity index (χ1v) is 12.6. The minimum Gasteiger partial charge on any atom is -0.352 e. The minimum absolute atomic E-state index is 0.140. The molecule has 168 valence electrons. The molecule has 1 aliphatic heterocycles. The number of anilines is 1. The maximum Gasteiger partial charge on any atom is 0.261 e. The molecule has 2 N–H and O–H groups in total. The van der Waals surface area contributed by atoms with Gasteiger partial charge in [0.05, 0.1) is 4.90 Å². The lowest BCUT2D eigenvalue weighted by Gasteiger charge is -2.35. The van der Waals surface area contributed by atoms with Crippen molar-refractivity contribution in [1.82, 2.24) is 10.2 Å². The van der Waals surface area contributed by atoms with Gasteiger partial charge in [-0.25, -0.2) is 8.42 Å². The van der Waals surface area contributed by atoms with Crippen LogP contribution in [0.3, 0.4) is 0 Å². The average Bonchev–Trinajstić information content (AvgIpc) is 2.77. The molecule has 1 heterocycles. The molecule has 1 amide bonds. The zero-order valence-corrected chi connectivity index (χ0v) is 19.2. The van der Waals surface area contributed by atoms with E-state index in [1.807, 2.05) is 6.92 Å². The van der Waals surface area contributed by atoms with E-state index in [0.717, 1.165) is 25.1 Å². The molecule has 0 aromatic heterocycles. The van der Waals surface area contributed by atoms with E-state index in [1.54, 1.807) is 48.5 Å². The Morgan fingerprint density at radius 3 is 2.45 bits per heavy atom. The Balaban J connectivity index is 1.48. The third-order valence-electron chi connectivity index (χ3n) is 5.86. The van der Waals surface area contributed by atoms with Crippen molar-refractivity contribution in [2.75, 3.05) is 24.4 Å². The number of carbonyl (C=O) groups excluding carboxylic acids is 1. The molecule has 1 aliphatic rings. The molecule has 0 spiro atoms. The van der Waals surface area contributed by atoms with Gasteiger partial charge in [0, 0.05) is 30.4 Å². The molecule has 0 aliphatic carbocycles. The van der Waals surface area contributed by atoms with Crippen LogP contribution < -0.4 is 10.0 Å². The number of hydrogen-bond acceptors (Lipinski definition) is 4. The molecule has 3 rings (SSSR count). The van der Waals surface area contributed by atoms with Gasteiger partial charge in [-0.1, -0.05) is 31.0 Å². The highest BCUT2D eigenvalue weighted by Crippen LogP contribution is 2.19. The number of aryl methyl sites for hydroxylation is 1. The number of benzene rings is 2. The highest BCUT2D eigenvalue weighted by Gasteiger charge is 2.20. The first-order valence-electron chi connectivity index (χ1n) is 11.1. The maximum absolute atomic E-state index is 12.5. The lowest BCUT2D eigenvalue weighted by atomic mass is 10.00. The van der Waals surface area contributed by atoms with Crippen molar-refractivity contribution in [2.24, 2.45) is 0 Å². The fraction of sp³-hybridized carbons (Fsp3) is 0.458. The summed E-state index contributed by atoms with van der Waals surface area (Å²) in [6, 6.07) is 13.9. The second-order valence-electron chi connectivity index (χ2n) is 8.20. The van der Waals surface area contributed by atoms with E-state index in [0.29, 0.717) is 23.8 Å². The van der Waals surface area contributed by atoms with Crippen LogP contribution in [0.15, 0.2) is 53.4 Å². The molecule has 0 bridgehead atoms. The molecular formula is C24H33N3O3S. The Hall–Kier alpha value is -2.38. The van der Waals surface area contributed by atoms with Crippen LogP contribution in [0, 0.1) is 6.92 Å². The second kappa shape index (κ2) is 10.8. The van der Waals surface area contributed by atoms with Crippen molar-refractivity contribution < 1.29 is 13.2 Å². The van der Waals surface area contributed by atoms with E-state index in [1.165, 1.54) is 25.7 Å². The summed E-state index contributed by atoms with van der Waals surface area (Å²) < 4.78 is 27.5. The van der Waals surface area contributed by atoms with Gasteiger partial charge in [0.2, 0.25) is 0 Å². The van der Waals surface area contributed by atoms with Gasteiger partial charge >= 0.3 is 0 Å². The predicted octanol–water partition coefficient (Wildman–Crippen LogP) is 4.18. The lowest BCUT2D eigenvalue weighted by molar-refractivity contribution is 0.0947. The smallest absolute Gasteiger partial charge is 0.261 e.